The number of hydrogen-bond acceptors (Lipinski definition) is 5. The van der Waals surface area contributed by atoms with Gasteiger partial charge in [0.05, 0.1) is 22.7 Å². The molecule has 0 N–H and O–H groups in total. The number of sulfonamides is 1. The lowest BCUT2D eigenvalue weighted by Gasteiger charge is -2.31. The predicted octanol–water partition coefficient (Wildman–Crippen LogP) is 4.02. The van der Waals surface area contributed by atoms with Crippen molar-refractivity contribution >= 4 is 27.6 Å². The van der Waals surface area contributed by atoms with Crippen LogP contribution in [-0.2, 0) is 19.6 Å². The molecule has 3 rings (SSSR count). The molecular formula is C25H30N2O5S. The van der Waals surface area contributed by atoms with Crippen LogP contribution in [0.5, 0.6) is 0 Å². The summed E-state index contributed by atoms with van der Waals surface area (Å²) >= 11 is 0. The number of rotatable bonds is 9. The number of para-hydroxylation sites is 1. The van der Waals surface area contributed by atoms with Gasteiger partial charge >= 0.3 is 5.97 Å². The number of benzene rings is 2. The summed E-state index contributed by atoms with van der Waals surface area (Å²) in [6.45, 7) is 3.34. The van der Waals surface area contributed by atoms with E-state index >= 15 is 0 Å². The summed E-state index contributed by atoms with van der Waals surface area (Å²) in [5.41, 5.74) is 0.553. The van der Waals surface area contributed by atoms with E-state index in [9.17, 15) is 18.0 Å². The highest BCUT2D eigenvalue weighted by Crippen LogP contribution is 2.25. The standard InChI is InChI=1S/C25H30N2O5S/c1-3-17-27(22-14-8-5-9-15-22)33(30,31)23-16-10-11-20(18-23)25(29)32-19-24(28)26(2)21-12-6-4-7-13-21/h3,5,8-11,14-16,18,21H,1,4,6-7,12-13,17,19H2,2H3. The molecule has 0 spiro atoms. The van der Waals surface area contributed by atoms with Crippen molar-refractivity contribution < 1.29 is 22.7 Å². The Morgan fingerprint density at radius 1 is 1.06 bits per heavy atom. The number of amides is 1. The van der Waals surface area contributed by atoms with E-state index in [1.807, 2.05) is 0 Å². The zero-order chi connectivity index (χ0) is 23.8. The van der Waals surface area contributed by atoms with E-state index in [1.165, 1.54) is 41.1 Å². The molecule has 1 fully saturated rings. The lowest BCUT2D eigenvalue weighted by Crippen LogP contribution is -2.40. The number of carbonyl (C=O) groups excluding carboxylic acids is 2. The molecular weight excluding hydrogens is 440 g/mol. The van der Waals surface area contributed by atoms with Gasteiger partial charge in [0.2, 0.25) is 0 Å². The maximum absolute atomic E-state index is 13.3. The van der Waals surface area contributed by atoms with Crippen molar-refractivity contribution in [3.63, 3.8) is 0 Å². The fourth-order valence-electron chi connectivity index (χ4n) is 3.95. The molecule has 2 aromatic carbocycles. The molecule has 33 heavy (non-hydrogen) atoms. The maximum Gasteiger partial charge on any atom is 0.338 e. The van der Waals surface area contributed by atoms with Gasteiger partial charge in [-0.1, -0.05) is 49.6 Å². The van der Waals surface area contributed by atoms with Crippen LogP contribution < -0.4 is 4.31 Å². The van der Waals surface area contributed by atoms with Crippen molar-refractivity contribution in [2.45, 2.75) is 43.0 Å². The summed E-state index contributed by atoms with van der Waals surface area (Å²) in [4.78, 5) is 26.6. The average molecular weight is 471 g/mol. The number of nitrogens with zero attached hydrogens (tertiary/aromatic N) is 2. The number of anilines is 1. The number of ether oxygens (including phenoxy) is 1. The van der Waals surface area contributed by atoms with Gasteiger partial charge in [-0.05, 0) is 43.2 Å². The van der Waals surface area contributed by atoms with Gasteiger partial charge in [-0.25, -0.2) is 13.2 Å². The van der Waals surface area contributed by atoms with Crippen molar-refractivity contribution in [3.05, 3.63) is 72.8 Å². The van der Waals surface area contributed by atoms with Crippen LogP contribution in [0.2, 0.25) is 0 Å². The molecule has 1 saturated carbocycles. The van der Waals surface area contributed by atoms with E-state index in [0.29, 0.717) is 5.69 Å². The molecule has 1 amide bonds. The van der Waals surface area contributed by atoms with Crippen molar-refractivity contribution in [2.24, 2.45) is 0 Å². The van der Waals surface area contributed by atoms with Crippen LogP contribution >= 0.6 is 0 Å². The van der Waals surface area contributed by atoms with E-state index in [2.05, 4.69) is 6.58 Å². The summed E-state index contributed by atoms with van der Waals surface area (Å²) in [7, 11) is -2.22. The van der Waals surface area contributed by atoms with Crippen LogP contribution in [0.1, 0.15) is 42.5 Å². The van der Waals surface area contributed by atoms with E-state index in [1.54, 1.807) is 42.3 Å². The molecule has 8 heteroatoms. The maximum atomic E-state index is 13.3. The number of likely N-dealkylation sites (N-methyl/N-ethyl adjacent to an activating group) is 1. The van der Waals surface area contributed by atoms with Crippen molar-refractivity contribution in [1.29, 1.82) is 0 Å². The first-order valence-corrected chi connectivity index (χ1v) is 12.5. The highest BCUT2D eigenvalue weighted by Gasteiger charge is 2.26. The van der Waals surface area contributed by atoms with Crippen molar-refractivity contribution in [3.8, 4) is 0 Å². The molecule has 176 valence electrons. The van der Waals surface area contributed by atoms with Gasteiger partial charge in [0.1, 0.15) is 0 Å². The second kappa shape index (κ2) is 11.1. The minimum absolute atomic E-state index is 0.0479. The zero-order valence-electron chi connectivity index (χ0n) is 18.9. The van der Waals surface area contributed by atoms with E-state index in [4.69, 9.17) is 4.74 Å². The molecule has 0 saturated heterocycles. The average Bonchev–Trinajstić information content (AvgIpc) is 2.86. The summed E-state index contributed by atoms with van der Waals surface area (Å²) in [6.07, 6.45) is 6.78. The summed E-state index contributed by atoms with van der Waals surface area (Å²) < 4.78 is 33.0. The molecule has 2 aromatic rings. The largest absolute Gasteiger partial charge is 0.452 e. The molecule has 0 aromatic heterocycles. The second-order valence-corrected chi connectivity index (χ2v) is 9.92. The summed E-state index contributed by atoms with van der Waals surface area (Å²) in [5.74, 6) is -1.01. The van der Waals surface area contributed by atoms with Gasteiger partial charge in [0.15, 0.2) is 6.61 Å². The Bertz CT molecular complexity index is 1080. The third kappa shape index (κ3) is 6.01. The smallest absolute Gasteiger partial charge is 0.338 e. The second-order valence-electron chi connectivity index (χ2n) is 8.06. The Morgan fingerprint density at radius 2 is 1.76 bits per heavy atom. The Kier molecular flexibility index (Phi) is 8.27. The highest BCUT2D eigenvalue weighted by molar-refractivity contribution is 7.92. The number of hydrogen-bond donors (Lipinski definition) is 0. The van der Waals surface area contributed by atoms with Crippen LogP contribution in [0.3, 0.4) is 0 Å². The third-order valence-corrected chi connectivity index (χ3v) is 7.63. The normalized spacial score (nSPS) is 14.3. The van der Waals surface area contributed by atoms with Crippen molar-refractivity contribution in [2.75, 3.05) is 24.5 Å². The Labute approximate surface area is 195 Å². The molecule has 0 bridgehead atoms. The molecule has 0 heterocycles. The van der Waals surface area contributed by atoms with Gasteiger partial charge in [0.25, 0.3) is 15.9 Å². The number of esters is 1. The summed E-state index contributed by atoms with van der Waals surface area (Å²) in [6, 6.07) is 14.5. The topological polar surface area (TPSA) is 84.0 Å². The van der Waals surface area contributed by atoms with Gasteiger partial charge in [-0.15, -0.1) is 6.58 Å². The first kappa shape index (κ1) is 24.5. The molecule has 7 nitrogen and oxygen atoms in total. The monoisotopic (exact) mass is 470 g/mol. The fourth-order valence-corrected chi connectivity index (χ4v) is 5.43. The lowest BCUT2D eigenvalue weighted by atomic mass is 9.94. The van der Waals surface area contributed by atoms with E-state index in [-0.39, 0.29) is 35.6 Å². The minimum Gasteiger partial charge on any atom is -0.452 e. The van der Waals surface area contributed by atoms with Crippen LogP contribution in [0, 0.1) is 0 Å². The first-order chi connectivity index (χ1) is 15.8. The number of carbonyl (C=O) groups is 2. The molecule has 1 aliphatic rings. The Morgan fingerprint density at radius 3 is 2.42 bits per heavy atom. The SMILES string of the molecule is C=CCN(c1ccccc1)S(=O)(=O)c1cccc(C(=O)OCC(=O)N(C)C2CCCCC2)c1. The first-order valence-electron chi connectivity index (χ1n) is 11.1. The molecule has 0 radical (unpaired) electrons. The fraction of sp³-hybridized carbons (Fsp3) is 0.360. The van der Waals surface area contributed by atoms with E-state index < -0.39 is 16.0 Å². The van der Waals surface area contributed by atoms with Gasteiger partial charge < -0.3 is 9.64 Å². The quantitative estimate of drug-likeness (QED) is 0.408. The Balaban J connectivity index is 1.72. The lowest BCUT2D eigenvalue weighted by molar-refractivity contribution is -0.135. The Hall–Kier alpha value is -3.13. The van der Waals surface area contributed by atoms with E-state index in [0.717, 1.165) is 25.7 Å². The predicted molar refractivity (Wildman–Crippen MR) is 128 cm³/mol. The minimum atomic E-state index is -3.95. The van der Waals surface area contributed by atoms with Crippen LogP contribution in [-0.4, -0.2) is 51.4 Å². The van der Waals surface area contributed by atoms with Crippen LogP contribution in [0.15, 0.2) is 72.1 Å². The van der Waals surface area contributed by atoms with Gasteiger partial charge in [0, 0.05) is 13.1 Å². The molecule has 0 atom stereocenters. The molecule has 0 aliphatic heterocycles. The van der Waals surface area contributed by atoms with Crippen molar-refractivity contribution in [1.82, 2.24) is 4.90 Å². The molecule has 1 aliphatic carbocycles. The van der Waals surface area contributed by atoms with Gasteiger partial charge in [-0.2, -0.15) is 0 Å². The summed E-state index contributed by atoms with van der Waals surface area (Å²) in [5, 5.41) is 0. The zero-order valence-corrected chi connectivity index (χ0v) is 19.7. The molecule has 0 unspecified atom stereocenters. The van der Waals surface area contributed by atoms with Crippen LogP contribution in [0.4, 0.5) is 5.69 Å². The van der Waals surface area contributed by atoms with Crippen LogP contribution in [0.25, 0.3) is 0 Å². The highest BCUT2D eigenvalue weighted by atomic mass is 32.2. The third-order valence-electron chi connectivity index (χ3n) is 5.84. The van der Waals surface area contributed by atoms with Gasteiger partial charge in [-0.3, -0.25) is 9.10 Å².